The van der Waals surface area contributed by atoms with Crippen LogP contribution in [0.2, 0.25) is 0 Å². The number of rotatable bonds is 2. The third-order valence-electron chi connectivity index (χ3n) is 2.93. The molecule has 1 heterocycles. The number of carbonyl (C=O) groups is 1. The lowest BCUT2D eigenvalue weighted by Crippen LogP contribution is -2.25. The van der Waals surface area contributed by atoms with E-state index in [0.29, 0.717) is 11.7 Å². The summed E-state index contributed by atoms with van der Waals surface area (Å²) in [5, 5.41) is 4.07. The maximum Gasteiger partial charge on any atom is 0.267 e. The molecule has 2 N–H and O–H groups in total. The molecule has 0 bridgehead atoms. The van der Waals surface area contributed by atoms with Crippen LogP contribution in [0.15, 0.2) is 24.3 Å². The van der Waals surface area contributed by atoms with Crippen LogP contribution < -0.4 is 5.32 Å². The van der Waals surface area contributed by atoms with Gasteiger partial charge in [-0.25, -0.2) is 0 Å². The summed E-state index contributed by atoms with van der Waals surface area (Å²) < 4.78 is 0. The van der Waals surface area contributed by atoms with Crippen LogP contribution in [0.1, 0.15) is 28.9 Å². The van der Waals surface area contributed by atoms with Crippen LogP contribution in [0, 0.1) is 6.92 Å². The number of H-pyrrole nitrogens is 1. The van der Waals surface area contributed by atoms with Gasteiger partial charge in [-0.1, -0.05) is 11.6 Å². The lowest BCUT2D eigenvalue weighted by Gasteiger charge is -1.98. The zero-order valence-corrected chi connectivity index (χ0v) is 9.21. The fraction of sp³-hybridized carbons (Fsp3) is 0.308. The average molecular weight is 214 g/mol. The van der Waals surface area contributed by atoms with Gasteiger partial charge in [-0.2, -0.15) is 0 Å². The molecule has 1 aromatic heterocycles. The van der Waals surface area contributed by atoms with Gasteiger partial charge < -0.3 is 10.3 Å². The number of aromatic nitrogens is 1. The number of aromatic amines is 1. The standard InChI is InChI=1S/C13H14N2O/c1-8-2-5-11-9(6-8)7-12(15-11)13(16)14-10-3-4-10/h2,5-7,10,15H,3-4H2,1H3,(H,14,16). The SMILES string of the molecule is Cc1ccc2[nH]c(C(=O)NC3CC3)cc2c1. The van der Waals surface area contributed by atoms with Crippen LogP contribution in [0.25, 0.3) is 10.9 Å². The van der Waals surface area contributed by atoms with Crippen LogP contribution in [-0.4, -0.2) is 16.9 Å². The zero-order chi connectivity index (χ0) is 11.1. The molecule has 1 amide bonds. The van der Waals surface area contributed by atoms with E-state index in [1.165, 1.54) is 5.56 Å². The minimum atomic E-state index is 0.0105. The summed E-state index contributed by atoms with van der Waals surface area (Å²) in [5.41, 5.74) is 2.89. The Balaban J connectivity index is 1.94. The summed E-state index contributed by atoms with van der Waals surface area (Å²) in [6, 6.07) is 8.46. The molecule has 0 aliphatic heterocycles. The van der Waals surface area contributed by atoms with Gasteiger partial charge in [-0.3, -0.25) is 4.79 Å². The molecule has 1 fully saturated rings. The van der Waals surface area contributed by atoms with E-state index in [0.717, 1.165) is 23.7 Å². The molecule has 82 valence electrons. The number of hydrogen-bond donors (Lipinski definition) is 2. The van der Waals surface area contributed by atoms with Gasteiger partial charge in [0.25, 0.3) is 5.91 Å². The molecule has 0 radical (unpaired) electrons. The second-order valence-corrected chi connectivity index (χ2v) is 4.52. The normalized spacial score (nSPS) is 15.3. The minimum absolute atomic E-state index is 0.0105. The lowest BCUT2D eigenvalue weighted by molar-refractivity contribution is 0.0947. The smallest absolute Gasteiger partial charge is 0.267 e. The second-order valence-electron chi connectivity index (χ2n) is 4.52. The Bertz CT molecular complexity index is 552. The third-order valence-corrected chi connectivity index (χ3v) is 2.93. The van der Waals surface area contributed by atoms with Gasteiger partial charge in [-0.05, 0) is 38.0 Å². The highest BCUT2D eigenvalue weighted by atomic mass is 16.2. The highest BCUT2D eigenvalue weighted by Gasteiger charge is 2.24. The summed E-state index contributed by atoms with van der Waals surface area (Å²) in [6.45, 7) is 2.05. The molecule has 3 rings (SSSR count). The van der Waals surface area contributed by atoms with E-state index in [-0.39, 0.29) is 5.91 Å². The van der Waals surface area contributed by atoms with Gasteiger partial charge in [0.2, 0.25) is 0 Å². The van der Waals surface area contributed by atoms with E-state index in [2.05, 4.69) is 23.3 Å². The van der Waals surface area contributed by atoms with Crippen LogP contribution in [-0.2, 0) is 0 Å². The molecule has 3 nitrogen and oxygen atoms in total. The first-order valence-electron chi connectivity index (χ1n) is 5.62. The summed E-state index contributed by atoms with van der Waals surface area (Å²) in [4.78, 5) is 15.0. The number of benzene rings is 1. The number of hydrogen-bond acceptors (Lipinski definition) is 1. The Hall–Kier alpha value is -1.77. The van der Waals surface area contributed by atoms with Gasteiger partial charge in [0, 0.05) is 16.9 Å². The van der Waals surface area contributed by atoms with E-state index in [4.69, 9.17) is 0 Å². The zero-order valence-electron chi connectivity index (χ0n) is 9.21. The van der Waals surface area contributed by atoms with E-state index in [9.17, 15) is 4.79 Å². The Morgan fingerprint density at radius 1 is 1.38 bits per heavy atom. The van der Waals surface area contributed by atoms with Crippen molar-refractivity contribution in [2.75, 3.05) is 0 Å². The van der Waals surface area contributed by atoms with Crippen LogP contribution in [0.3, 0.4) is 0 Å². The predicted molar refractivity (Wildman–Crippen MR) is 63.5 cm³/mol. The van der Waals surface area contributed by atoms with Crippen molar-refractivity contribution in [3.8, 4) is 0 Å². The molecule has 1 aliphatic rings. The summed E-state index contributed by atoms with van der Waals surface area (Å²) in [7, 11) is 0. The summed E-state index contributed by atoms with van der Waals surface area (Å²) in [6.07, 6.45) is 2.23. The first-order chi connectivity index (χ1) is 7.72. The molecule has 1 saturated carbocycles. The Morgan fingerprint density at radius 2 is 2.19 bits per heavy atom. The van der Waals surface area contributed by atoms with Crippen LogP contribution in [0.4, 0.5) is 0 Å². The molecule has 0 spiro atoms. The maximum atomic E-state index is 11.8. The van der Waals surface area contributed by atoms with Crippen LogP contribution in [0.5, 0.6) is 0 Å². The Labute approximate surface area is 93.9 Å². The van der Waals surface area contributed by atoms with Gasteiger partial charge in [0.1, 0.15) is 5.69 Å². The highest BCUT2D eigenvalue weighted by molar-refractivity contribution is 5.98. The van der Waals surface area contributed by atoms with Gasteiger partial charge >= 0.3 is 0 Å². The number of aryl methyl sites for hydroxylation is 1. The first kappa shape index (κ1) is 9.46. The summed E-state index contributed by atoms with van der Waals surface area (Å²) >= 11 is 0. The predicted octanol–water partition coefficient (Wildman–Crippen LogP) is 2.37. The van der Waals surface area contributed by atoms with Crippen molar-refractivity contribution >= 4 is 16.8 Å². The summed E-state index contributed by atoms with van der Waals surface area (Å²) in [5.74, 6) is 0.0105. The van der Waals surface area contributed by atoms with Gasteiger partial charge in [-0.15, -0.1) is 0 Å². The number of amides is 1. The number of carbonyl (C=O) groups excluding carboxylic acids is 1. The Kier molecular flexibility index (Phi) is 1.99. The molecular weight excluding hydrogens is 200 g/mol. The van der Waals surface area contributed by atoms with Crippen molar-refractivity contribution in [2.24, 2.45) is 0 Å². The third kappa shape index (κ3) is 1.69. The number of nitrogens with one attached hydrogen (secondary N) is 2. The van der Waals surface area contributed by atoms with Gasteiger partial charge in [0.15, 0.2) is 0 Å². The first-order valence-corrected chi connectivity index (χ1v) is 5.62. The molecule has 1 aliphatic carbocycles. The molecule has 1 aromatic carbocycles. The van der Waals surface area contributed by atoms with Crippen molar-refractivity contribution in [3.63, 3.8) is 0 Å². The topological polar surface area (TPSA) is 44.9 Å². The Morgan fingerprint density at radius 3 is 2.94 bits per heavy atom. The molecule has 0 saturated heterocycles. The van der Waals surface area contributed by atoms with E-state index < -0.39 is 0 Å². The molecule has 0 unspecified atom stereocenters. The van der Waals surface area contributed by atoms with Crippen LogP contribution >= 0.6 is 0 Å². The van der Waals surface area contributed by atoms with E-state index in [1.807, 2.05) is 18.2 Å². The van der Waals surface area contributed by atoms with Crippen molar-refractivity contribution in [1.82, 2.24) is 10.3 Å². The fourth-order valence-electron chi connectivity index (χ4n) is 1.87. The average Bonchev–Trinajstić information content (AvgIpc) is 2.95. The molecule has 2 aromatic rings. The highest BCUT2D eigenvalue weighted by Crippen LogP contribution is 2.21. The van der Waals surface area contributed by atoms with E-state index in [1.54, 1.807) is 0 Å². The molecular formula is C13H14N2O. The van der Waals surface area contributed by atoms with Gasteiger partial charge in [0.05, 0.1) is 0 Å². The lowest BCUT2D eigenvalue weighted by atomic mass is 10.2. The van der Waals surface area contributed by atoms with Crippen molar-refractivity contribution in [3.05, 3.63) is 35.5 Å². The number of fused-ring (bicyclic) bond motifs is 1. The van der Waals surface area contributed by atoms with Crippen molar-refractivity contribution in [1.29, 1.82) is 0 Å². The molecule has 0 atom stereocenters. The maximum absolute atomic E-state index is 11.8. The molecule has 16 heavy (non-hydrogen) atoms. The monoisotopic (exact) mass is 214 g/mol. The van der Waals surface area contributed by atoms with E-state index >= 15 is 0 Å². The largest absolute Gasteiger partial charge is 0.351 e. The second kappa shape index (κ2) is 3.37. The quantitative estimate of drug-likeness (QED) is 0.792. The minimum Gasteiger partial charge on any atom is -0.351 e. The van der Waals surface area contributed by atoms with Crippen molar-refractivity contribution in [2.45, 2.75) is 25.8 Å². The molecule has 3 heteroatoms. The fourth-order valence-corrected chi connectivity index (χ4v) is 1.87. The van der Waals surface area contributed by atoms with Crippen molar-refractivity contribution < 1.29 is 4.79 Å².